The highest BCUT2D eigenvalue weighted by molar-refractivity contribution is 5.76. The topological polar surface area (TPSA) is 219 Å². The largest absolute Gasteiger partial charge is 0.504 e. The van der Waals surface area contributed by atoms with Gasteiger partial charge < -0.3 is 49.7 Å². The number of nitrogens with one attached hydrogen (secondary N) is 1. The molecule has 0 aromatic heterocycles. The third-order valence-electron chi connectivity index (χ3n) is 5.74. The molecule has 15 heteroatoms. The molecule has 3 atom stereocenters. The molecule has 1 fully saturated rings. The van der Waals surface area contributed by atoms with E-state index in [2.05, 4.69) is 37.7 Å². The Hall–Kier alpha value is -3.79. The van der Waals surface area contributed by atoms with Crippen LogP contribution >= 0.6 is 0 Å². The molecule has 0 aliphatic carbocycles. The first-order valence-corrected chi connectivity index (χ1v) is 14.8. The second kappa shape index (κ2) is 23.5. The van der Waals surface area contributed by atoms with Crippen molar-refractivity contribution in [1.82, 2.24) is 5.32 Å². The number of carboxylic acids is 1. The predicted octanol–water partition coefficient (Wildman–Crippen LogP) is 2.70. The van der Waals surface area contributed by atoms with Crippen LogP contribution in [0.3, 0.4) is 0 Å². The Kier molecular flexibility index (Phi) is 22.7. The molecule has 15 nitrogen and oxygen atoms in total. The summed E-state index contributed by atoms with van der Waals surface area (Å²) >= 11 is 0. The van der Waals surface area contributed by atoms with Gasteiger partial charge in [-0.25, -0.2) is 0 Å². The maximum atomic E-state index is 11.3. The zero-order valence-corrected chi connectivity index (χ0v) is 29.2. The molecular formula is C32H54N2O13. The fourth-order valence-corrected chi connectivity index (χ4v) is 3.52. The number of nitrogens with two attached hydrogens (primary N) is 1. The van der Waals surface area contributed by atoms with Gasteiger partial charge in [-0.2, -0.15) is 0 Å². The first-order valence-electron chi connectivity index (χ1n) is 14.8. The van der Waals surface area contributed by atoms with Crippen LogP contribution in [0.2, 0.25) is 0 Å². The Labute approximate surface area is 277 Å². The number of phenols is 1. The molecule has 1 aromatic carbocycles. The van der Waals surface area contributed by atoms with Gasteiger partial charge in [-0.1, -0.05) is 27.7 Å². The van der Waals surface area contributed by atoms with Gasteiger partial charge in [0.2, 0.25) is 6.29 Å². The van der Waals surface area contributed by atoms with Crippen LogP contribution in [0.4, 0.5) is 0 Å². The molecule has 1 saturated heterocycles. The molecule has 0 spiro atoms. The van der Waals surface area contributed by atoms with E-state index < -0.39 is 36.4 Å². The van der Waals surface area contributed by atoms with Crippen molar-refractivity contribution in [2.75, 3.05) is 47.1 Å². The normalized spacial score (nSPS) is 17.0. The van der Waals surface area contributed by atoms with Crippen molar-refractivity contribution in [3.8, 4) is 11.5 Å². The Morgan fingerprint density at radius 2 is 1.53 bits per heavy atom. The molecule has 1 heterocycles. The van der Waals surface area contributed by atoms with Crippen LogP contribution in [0.1, 0.15) is 72.2 Å². The molecule has 0 radical (unpaired) electrons. The van der Waals surface area contributed by atoms with E-state index in [4.69, 9.17) is 39.3 Å². The molecule has 0 amide bonds. The number of hydrogen-bond acceptors (Lipinski definition) is 14. The van der Waals surface area contributed by atoms with Crippen LogP contribution in [0, 0.1) is 10.8 Å². The number of esters is 3. The average molecular weight is 675 g/mol. The summed E-state index contributed by atoms with van der Waals surface area (Å²) in [4.78, 5) is 51.6. The maximum Gasteiger partial charge on any atom is 0.303 e. The Morgan fingerprint density at radius 1 is 1.00 bits per heavy atom. The van der Waals surface area contributed by atoms with Crippen LogP contribution in [-0.4, -0.2) is 106 Å². The van der Waals surface area contributed by atoms with Crippen LogP contribution in [0.5, 0.6) is 11.5 Å². The van der Waals surface area contributed by atoms with Gasteiger partial charge in [-0.05, 0) is 31.8 Å². The number of ether oxygens (including phenoxy) is 6. The summed E-state index contributed by atoms with van der Waals surface area (Å²) < 4.78 is 31.0. The predicted molar refractivity (Wildman–Crippen MR) is 172 cm³/mol. The third-order valence-corrected chi connectivity index (χ3v) is 5.74. The van der Waals surface area contributed by atoms with Crippen molar-refractivity contribution in [1.29, 1.82) is 0 Å². The van der Waals surface area contributed by atoms with Crippen molar-refractivity contribution >= 4 is 30.2 Å². The lowest BCUT2D eigenvalue weighted by molar-refractivity contribution is -0.220. The van der Waals surface area contributed by atoms with E-state index in [1.165, 1.54) is 46.1 Å². The van der Waals surface area contributed by atoms with Crippen molar-refractivity contribution in [3.63, 3.8) is 0 Å². The number of carbonyl (C=O) groups excluding carboxylic acids is 4. The van der Waals surface area contributed by atoms with E-state index in [-0.39, 0.29) is 46.9 Å². The lowest BCUT2D eigenvalue weighted by Crippen LogP contribution is -2.47. The van der Waals surface area contributed by atoms with Crippen molar-refractivity contribution in [3.05, 3.63) is 23.8 Å². The molecular weight excluding hydrogens is 620 g/mol. The average Bonchev–Trinajstić information content (AvgIpc) is 2.94. The molecule has 1 aliphatic heterocycles. The molecule has 5 N–H and O–H groups in total. The summed E-state index contributed by atoms with van der Waals surface area (Å²) in [5, 5.41) is 20.5. The molecule has 1 unspecified atom stereocenters. The highest BCUT2D eigenvalue weighted by Gasteiger charge is 2.37. The van der Waals surface area contributed by atoms with Gasteiger partial charge in [-0.3, -0.25) is 24.0 Å². The number of benzene rings is 1. The first-order chi connectivity index (χ1) is 21.7. The number of rotatable bonds is 12. The number of aromatic hydroxyl groups is 1. The molecule has 2 rings (SSSR count). The van der Waals surface area contributed by atoms with Gasteiger partial charge in [0.25, 0.3) is 5.97 Å². The van der Waals surface area contributed by atoms with Gasteiger partial charge in [0.15, 0.2) is 17.6 Å². The fourth-order valence-electron chi connectivity index (χ4n) is 3.52. The van der Waals surface area contributed by atoms with E-state index >= 15 is 0 Å². The van der Waals surface area contributed by atoms with Crippen LogP contribution < -0.4 is 15.8 Å². The third kappa shape index (κ3) is 24.1. The van der Waals surface area contributed by atoms with Crippen LogP contribution in [0.15, 0.2) is 18.2 Å². The monoisotopic (exact) mass is 674 g/mol. The minimum absolute atomic E-state index is 0.0647. The smallest absolute Gasteiger partial charge is 0.303 e. The Balaban J connectivity index is 0. The molecule has 0 saturated carbocycles. The van der Waals surface area contributed by atoms with Gasteiger partial charge >= 0.3 is 17.9 Å². The maximum absolute atomic E-state index is 11.3. The van der Waals surface area contributed by atoms with Gasteiger partial charge in [-0.15, -0.1) is 0 Å². The fraction of sp³-hybridized carbons (Fsp3) is 0.656. The van der Waals surface area contributed by atoms with E-state index in [0.717, 1.165) is 26.7 Å². The lowest BCUT2D eigenvalue weighted by Gasteiger charge is -2.34. The minimum Gasteiger partial charge on any atom is -0.504 e. The first kappa shape index (κ1) is 45.3. The second-order valence-corrected chi connectivity index (χ2v) is 12.1. The van der Waals surface area contributed by atoms with Crippen LogP contribution in [-0.2, 0) is 42.9 Å². The number of aliphatic carboxylic acids is 1. The van der Waals surface area contributed by atoms with Gasteiger partial charge in [0.1, 0.15) is 12.4 Å². The Bertz CT molecular complexity index is 1100. The minimum atomic E-state index is -0.978. The molecule has 0 bridgehead atoms. The summed E-state index contributed by atoms with van der Waals surface area (Å²) in [5.74, 6) is -2.25. The zero-order chi connectivity index (χ0) is 36.8. The molecule has 270 valence electrons. The summed E-state index contributed by atoms with van der Waals surface area (Å²) in [6, 6.07) is 4.12. The summed E-state index contributed by atoms with van der Waals surface area (Å²) in [7, 11) is 3.31. The number of phenolic OH excluding ortho intramolecular Hbond substituents is 1. The standard InChI is InChI=1S/C16H18O8.C11H26N2O.C3H6O2.C2H4O2/c1-9(18)22-12-6-15(23-10(2)19)16(21-8-12)24-14-4-3-11(7-17)5-13(14)20;1-10(2,6-12)8-14-9-11(3,4)7-13-5;1-3(4)5-2;1-2(3)4/h3-5,7,12,15-16,20H,6,8H2,1-2H3;13H,6-9,12H2,1-5H3;1-2H3;1H3,(H,3,4)/t12-,15?,16+;;;/m0.../s1. The summed E-state index contributed by atoms with van der Waals surface area (Å²) in [5.41, 5.74) is 6.20. The van der Waals surface area contributed by atoms with E-state index in [1.807, 2.05) is 7.05 Å². The summed E-state index contributed by atoms with van der Waals surface area (Å²) in [6.45, 7) is 16.8. The number of hydrogen-bond donors (Lipinski definition) is 4. The molecule has 1 aromatic rings. The highest BCUT2D eigenvalue weighted by atomic mass is 16.7. The van der Waals surface area contributed by atoms with Gasteiger partial charge in [0, 0.05) is 57.1 Å². The second-order valence-electron chi connectivity index (χ2n) is 12.1. The zero-order valence-electron chi connectivity index (χ0n) is 29.2. The van der Waals surface area contributed by atoms with Crippen molar-refractivity contribution < 1.29 is 62.6 Å². The number of methoxy groups -OCH3 is 1. The van der Waals surface area contributed by atoms with E-state index in [9.17, 15) is 24.3 Å². The van der Waals surface area contributed by atoms with Crippen molar-refractivity contribution in [2.45, 2.75) is 80.3 Å². The van der Waals surface area contributed by atoms with E-state index in [0.29, 0.717) is 12.8 Å². The number of aldehydes is 1. The SMILES string of the molecule is CC(=O)O.CC(=O)OC1C[C@H](OC(C)=O)CO[C@@H]1Oc1ccc(C=O)cc1O.CNCC(C)(C)COCC(C)(C)CN.COC(C)=O. The van der Waals surface area contributed by atoms with Gasteiger partial charge in [0.05, 0.1) is 26.9 Å². The quantitative estimate of drug-likeness (QED) is 0.142. The molecule has 1 aliphatic rings. The summed E-state index contributed by atoms with van der Waals surface area (Å²) in [6.07, 6.45) is -1.56. The number of carbonyl (C=O) groups is 5. The van der Waals surface area contributed by atoms with Crippen molar-refractivity contribution in [2.24, 2.45) is 16.6 Å². The Morgan fingerprint density at radius 3 is 1.96 bits per heavy atom. The molecule has 47 heavy (non-hydrogen) atoms. The van der Waals surface area contributed by atoms with E-state index in [1.54, 1.807) is 0 Å². The number of carboxylic acid groups (broad SMARTS) is 1. The highest BCUT2D eigenvalue weighted by Crippen LogP contribution is 2.30. The lowest BCUT2D eigenvalue weighted by atomic mass is 9.93. The van der Waals surface area contributed by atoms with Crippen LogP contribution in [0.25, 0.3) is 0 Å².